The highest BCUT2D eigenvalue weighted by Crippen LogP contribution is 2.25. The van der Waals surface area contributed by atoms with E-state index < -0.39 is 5.97 Å². The van der Waals surface area contributed by atoms with Crippen molar-refractivity contribution in [3.63, 3.8) is 0 Å². The van der Waals surface area contributed by atoms with E-state index in [1.165, 1.54) is 0 Å². The van der Waals surface area contributed by atoms with Crippen LogP contribution in [0.1, 0.15) is 26.3 Å². The number of nitrogens with zero attached hydrogens (tertiary/aromatic N) is 2. The van der Waals surface area contributed by atoms with Crippen LogP contribution in [0.3, 0.4) is 0 Å². The lowest BCUT2D eigenvalue weighted by Gasteiger charge is -2.03. The van der Waals surface area contributed by atoms with Crippen LogP contribution < -0.4 is 4.74 Å². The molecule has 0 aliphatic heterocycles. The second-order valence-corrected chi connectivity index (χ2v) is 4.17. The van der Waals surface area contributed by atoms with Crippen LogP contribution in [0.25, 0.3) is 11.3 Å². The van der Waals surface area contributed by atoms with E-state index in [4.69, 9.17) is 9.47 Å². The molecule has 0 saturated carbocycles. The summed E-state index contributed by atoms with van der Waals surface area (Å²) in [6, 6.07) is 9.15. The molecule has 1 N–H and O–H groups in total. The van der Waals surface area contributed by atoms with Gasteiger partial charge in [0.1, 0.15) is 5.69 Å². The minimum absolute atomic E-state index is 0.166. The van der Waals surface area contributed by atoms with Crippen LogP contribution in [0.4, 0.5) is 0 Å². The van der Waals surface area contributed by atoms with Gasteiger partial charge in [-0.25, -0.2) is 4.79 Å². The van der Waals surface area contributed by atoms with Crippen molar-refractivity contribution >= 4 is 5.97 Å². The van der Waals surface area contributed by atoms with Crippen LogP contribution in [-0.4, -0.2) is 34.3 Å². The molecule has 0 radical (unpaired) electrons. The van der Waals surface area contributed by atoms with E-state index >= 15 is 0 Å². The number of aryl methyl sites for hydroxylation is 1. The Morgan fingerprint density at radius 1 is 1.32 bits per heavy atom. The molecule has 6 heteroatoms. The molecular weight excluding hydrogens is 284 g/mol. The minimum atomic E-state index is -0.475. The first-order chi connectivity index (χ1) is 10.6. The van der Waals surface area contributed by atoms with Gasteiger partial charge in [-0.15, -0.1) is 0 Å². The summed E-state index contributed by atoms with van der Waals surface area (Å²) in [7, 11) is 0. The highest BCUT2D eigenvalue weighted by atomic mass is 16.6. The summed E-state index contributed by atoms with van der Waals surface area (Å²) in [5.74, 6) is -0.309. The highest BCUT2D eigenvalue weighted by Gasteiger charge is 2.13. The molecule has 1 heterocycles. The number of carbonyl (C=O) groups is 1. The molecule has 2 rings (SSSR count). The lowest BCUT2D eigenvalue weighted by Crippen LogP contribution is -2.14. The molecule has 0 aliphatic carbocycles. The summed E-state index contributed by atoms with van der Waals surface area (Å²) < 4.78 is 9.92. The second kappa shape index (κ2) is 8.71. The van der Waals surface area contributed by atoms with Crippen molar-refractivity contribution in [3.8, 4) is 17.1 Å². The average Bonchev–Trinajstić information content (AvgIpc) is 2.89. The predicted octanol–water partition coefficient (Wildman–Crippen LogP) is 3.06. The van der Waals surface area contributed by atoms with E-state index in [1.807, 2.05) is 45.0 Å². The third-order valence-electron chi connectivity index (χ3n) is 2.73. The second-order valence-electron chi connectivity index (χ2n) is 4.17. The molecule has 0 amide bonds. The Morgan fingerprint density at radius 2 is 2.00 bits per heavy atom. The topological polar surface area (TPSA) is 73.6 Å². The SMILES string of the molecule is CC.CCOC(=O)COc1cc(-c2ccccc2C)n(O)n1. The fourth-order valence-corrected chi connectivity index (χ4v) is 1.80. The molecule has 0 atom stereocenters. The van der Waals surface area contributed by atoms with Crippen molar-refractivity contribution in [3.05, 3.63) is 35.9 Å². The van der Waals surface area contributed by atoms with Crippen molar-refractivity contribution in [2.24, 2.45) is 0 Å². The summed E-state index contributed by atoms with van der Waals surface area (Å²) in [6.07, 6.45) is 0. The Bertz CT molecular complexity index is 608. The van der Waals surface area contributed by atoms with E-state index in [9.17, 15) is 10.0 Å². The maximum absolute atomic E-state index is 11.2. The lowest BCUT2D eigenvalue weighted by molar-refractivity contribution is -0.145. The van der Waals surface area contributed by atoms with Gasteiger partial charge in [0, 0.05) is 11.6 Å². The van der Waals surface area contributed by atoms with Crippen LogP contribution in [0.2, 0.25) is 0 Å². The molecule has 22 heavy (non-hydrogen) atoms. The van der Waals surface area contributed by atoms with Crippen molar-refractivity contribution in [2.75, 3.05) is 13.2 Å². The standard InChI is InChI=1S/C14H16N2O4.C2H6/c1-3-19-14(17)9-20-13-8-12(16(18)15-13)11-7-5-4-6-10(11)2;1-2/h4-8,18H,3,9H2,1-2H3;1-2H3. The fourth-order valence-electron chi connectivity index (χ4n) is 1.80. The zero-order valence-corrected chi connectivity index (χ0v) is 13.4. The van der Waals surface area contributed by atoms with E-state index in [0.717, 1.165) is 16.0 Å². The number of ether oxygens (including phenoxy) is 2. The number of esters is 1. The molecule has 120 valence electrons. The normalized spacial score (nSPS) is 9.64. The molecule has 6 nitrogen and oxygen atoms in total. The molecule has 0 spiro atoms. The molecule has 1 aromatic heterocycles. The third-order valence-corrected chi connectivity index (χ3v) is 2.73. The molecule has 1 aromatic carbocycles. The number of rotatable bonds is 5. The zero-order chi connectivity index (χ0) is 16.5. The van der Waals surface area contributed by atoms with Crippen LogP contribution in [0.5, 0.6) is 5.88 Å². The Balaban J connectivity index is 0.00000116. The monoisotopic (exact) mass is 306 g/mol. The summed E-state index contributed by atoms with van der Waals surface area (Å²) >= 11 is 0. The highest BCUT2D eigenvalue weighted by molar-refractivity contribution is 5.71. The molecule has 0 aliphatic rings. The van der Waals surface area contributed by atoms with E-state index in [0.29, 0.717) is 12.3 Å². The smallest absolute Gasteiger partial charge is 0.344 e. The molecule has 2 aromatic rings. The Morgan fingerprint density at radius 3 is 2.64 bits per heavy atom. The van der Waals surface area contributed by atoms with Gasteiger partial charge in [0.05, 0.1) is 6.61 Å². The number of hydrogen-bond donors (Lipinski definition) is 1. The molecular formula is C16H22N2O4. The maximum Gasteiger partial charge on any atom is 0.344 e. The molecule has 0 saturated heterocycles. The number of hydrogen-bond acceptors (Lipinski definition) is 5. The Labute approximate surface area is 130 Å². The van der Waals surface area contributed by atoms with Crippen molar-refractivity contribution in [1.82, 2.24) is 9.94 Å². The van der Waals surface area contributed by atoms with Gasteiger partial charge in [-0.05, 0) is 19.4 Å². The van der Waals surface area contributed by atoms with E-state index in [-0.39, 0.29) is 12.5 Å². The first kappa shape index (κ1) is 17.6. The Kier molecular flexibility index (Phi) is 6.95. The van der Waals surface area contributed by atoms with Gasteiger partial charge in [-0.2, -0.15) is 0 Å². The average molecular weight is 306 g/mol. The van der Waals surface area contributed by atoms with Gasteiger partial charge in [-0.1, -0.05) is 48.1 Å². The maximum atomic E-state index is 11.2. The van der Waals surface area contributed by atoms with E-state index in [1.54, 1.807) is 13.0 Å². The largest absolute Gasteiger partial charge is 0.464 e. The van der Waals surface area contributed by atoms with Gasteiger partial charge in [0.15, 0.2) is 6.61 Å². The quantitative estimate of drug-likeness (QED) is 0.679. The number of benzene rings is 1. The van der Waals surface area contributed by atoms with Gasteiger partial charge < -0.3 is 14.7 Å². The lowest BCUT2D eigenvalue weighted by atomic mass is 10.1. The van der Waals surface area contributed by atoms with Crippen LogP contribution in [0.15, 0.2) is 30.3 Å². The summed E-state index contributed by atoms with van der Waals surface area (Å²) in [5, 5.41) is 13.6. The molecule has 0 bridgehead atoms. The fraction of sp³-hybridized carbons (Fsp3) is 0.375. The molecule has 0 fully saturated rings. The van der Waals surface area contributed by atoms with Gasteiger partial charge >= 0.3 is 5.97 Å². The van der Waals surface area contributed by atoms with Gasteiger partial charge in [0.2, 0.25) is 5.88 Å². The summed E-state index contributed by atoms with van der Waals surface area (Å²) in [4.78, 5) is 11.9. The molecule has 0 unspecified atom stereocenters. The van der Waals surface area contributed by atoms with Crippen molar-refractivity contribution < 1.29 is 19.5 Å². The first-order valence-electron chi connectivity index (χ1n) is 7.25. The minimum Gasteiger partial charge on any atom is -0.464 e. The number of aromatic nitrogens is 2. The van der Waals surface area contributed by atoms with Crippen molar-refractivity contribution in [2.45, 2.75) is 27.7 Å². The van der Waals surface area contributed by atoms with Crippen LogP contribution in [0, 0.1) is 6.92 Å². The summed E-state index contributed by atoms with van der Waals surface area (Å²) in [6.45, 7) is 7.71. The van der Waals surface area contributed by atoms with Crippen LogP contribution >= 0.6 is 0 Å². The van der Waals surface area contributed by atoms with Gasteiger partial charge in [0.25, 0.3) is 0 Å². The first-order valence-corrected chi connectivity index (χ1v) is 7.25. The van der Waals surface area contributed by atoms with Gasteiger partial charge in [-0.3, -0.25) is 0 Å². The Hall–Kier alpha value is -2.50. The third kappa shape index (κ3) is 4.51. The van der Waals surface area contributed by atoms with Crippen LogP contribution in [-0.2, 0) is 9.53 Å². The zero-order valence-electron chi connectivity index (χ0n) is 13.4. The predicted molar refractivity (Wildman–Crippen MR) is 83.1 cm³/mol. The number of carbonyl (C=O) groups excluding carboxylic acids is 1. The summed E-state index contributed by atoms with van der Waals surface area (Å²) in [5.41, 5.74) is 2.34. The van der Waals surface area contributed by atoms with E-state index in [2.05, 4.69) is 5.10 Å². The van der Waals surface area contributed by atoms with Crippen molar-refractivity contribution in [1.29, 1.82) is 0 Å².